The molecule has 30 heavy (non-hydrogen) atoms. The number of rotatable bonds is 2. The quantitative estimate of drug-likeness (QED) is 0.463. The highest BCUT2D eigenvalue weighted by Gasteiger charge is 2.09. The topological polar surface area (TPSA) is 99.1 Å². The lowest BCUT2D eigenvalue weighted by Gasteiger charge is -2.04. The molecule has 0 bridgehead atoms. The molecular formula is C21H22Cl2O7. The minimum absolute atomic E-state index is 0.329. The third-order valence-corrected chi connectivity index (χ3v) is 3.63. The molecule has 1 fully saturated rings. The highest BCUT2D eigenvalue weighted by Crippen LogP contribution is 2.32. The standard InChI is InChI=1S/C12H8Cl2.C4H6O2.C3H4O3.C2H4O2/c13-11-8-4-7-10(12(11)14)9-5-2-1-3-6-9;1-3-6-4(2)5;4-3-5-1-2-6-3;1-2(3)4/h1-8H;3H,1H2,2H3;1-2H2;1H3,(H,3,4). The van der Waals surface area contributed by atoms with E-state index in [1.807, 2.05) is 42.5 Å². The Kier molecular flexibility index (Phi) is 14.2. The summed E-state index contributed by atoms with van der Waals surface area (Å²) in [5, 5.41) is 8.62. The van der Waals surface area contributed by atoms with Gasteiger partial charge < -0.3 is 19.3 Å². The zero-order chi connectivity index (χ0) is 22.9. The molecule has 9 heteroatoms. The summed E-state index contributed by atoms with van der Waals surface area (Å²) in [5.41, 5.74) is 2.06. The Hall–Kier alpha value is -3.03. The van der Waals surface area contributed by atoms with Crippen molar-refractivity contribution in [1.29, 1.82) is 0 Å². The van der Waals surface area contributed by atoms with E-state index in [4.69, 9.17) is 33.1 Å². The van der Waals surface area contributed by atoms with Crippen LogP contribution in [0, 0.1) is 0 Å². The normalized spacial score (nSPS) is 10.9. The third-order valence-electron chi connectivity index (χ3n) is 2.81. The van der Waals surface area contributed by atoms with Gasteiger partial charge in [0.05, 0.1) is 16.3 Å². The maximum atomic E-state index is 9.80. The van der Waals surface area contributed by atoms with Gasteiger partial charge in [-0.25, -0.2) is 4.79 Å². The largest absolute Gasteiger partial charge is 0.508 e. The van der Waals surface area contributed by atoms with E-state index in [0.29, 0.717) is 23.3 Å². The third kappa shape index (κ3) is 13.2. The molecule has 3 rings (SSSR count). The van der Waals surface area contributed by atoms with Gasteiger partial charge in [0.2, 0.25) is 0 Å². The molecule has 1 N–H and O–H groups in total. The molecule has 0 aliphatic carbocycles. The highest BCUT2D eigenvalue weighted by molar-refractivity contribution is 6.43. The SMILES string of the molecule is C=COC(C)=O.CC(=O)O.Clc1cccc(-c2ccccc2)c1Cl.O=C1OCCO1. The van der Waals surface area contributed by atoms with Gasteiger partial charge in [0.15, 0.2) is 0 Å². The van der Waals surface area contributed by atoms with Crippen LogP contribution in [-0.4, -0.2) is 36.4 Å². The van der Waals surface area contributed by atoms with Crippen LogP contribution in [0.2, 0.25) is 10.0 Å². The first-order chi connectivity index (χ1) is 14.2. The molecule has 0 amide bonds. The van der Waals surface area contributed by atoms with E-state index in [9.17, 15) is 9.59 Å². The fraction of sp³-hybridized carbons (Fsp3) is 0.190. The smallest absolute Gasteiger partial charge is 0.481 e. The van der Waals surface area contributed by atoms with Crippen molar-refractivity contribution < 1.29 is 33.7 Å². The van der Waals surface area contributed by atoms with E-state index in [1.165, 1.54) is 6.92 Å². The first-order valence-electron chi connectivity index (χ1n) is 8.45. The fourth-order valence-corrected chi connectivity index (χ4v) is 2.16. The molecule has 1 heterocycles. The predicted molar refractivity (Wildman–Crippen MR) is 114 cm³/mol. The van der Waals surface area contributed by atoms with Crippen LogP contribution in [-0.2, 0) is 23.8 Å². The van der Waals surface area contributed by atoms with Gasteiger partial charge in [-0.15, -0.1) is 0 Å². The number of cyclic esters (lactones) is 2. The molecule has 0 radical (unpaired) electrons. The second-order valence-electron chi connectivity index (χ2n) is 5.21. The van der Waals surface area contributed by atoms with Crippen LogP contribution in [0.1, 0.15) is 13.8 Å². The van der Waals surface area contributed by atoms with Crippen molar-refractivity contribution in [3.63, 3.8) is 0 Å². The van der Waals surface area contributed by atoms with E-state index in [1.54, 1.807) is 6.07 Å². The number of carbonyl (C=O) groups excluding carboxylic acids is 2. The Labute approximate surface area is 184 Å². The number of carbonyl (C=O) groups is 3. The minimum atomic E-state index is -0.833. The van der Waals surface area contributed by atoms with E-state index < -0.39 is 12.1 Å². The van der Waals surface area contributed by atoms with Gasteiger partial charge in [-0.2, -0.15) is 0 Å². The lowest BCUT2D eigenvalue weighted by molar-refractivity contribution is -0.136. The number of aliphatic carboxylic acids is 1. The van der Waals surface area contributed by atoms with Crippen molar-refractivity contribution in [1.82, 2.24) is 0 Å². The summed E-state index contributed by atoms with van der Waals surface area (Å²) in [5.74, 6) is -1.16. The van der Waals surface area contributed by atoms with Crippen molar-refractivity contribution in [2.75, 3.05) is 13.2 Å². The zero-order valence-corrected chi connectivity index (χ0v) is 18.0. The Morgan fingerprint density at radius 2 is 1.57 bits per heavy atom. The van der Waals surface area contributed by atoms with Crippen LogP contribution in [0.4, 0.5) is 4.79 Å². The van der Waals surface area contributed by atoms with Crippen molar-refractivity contribution in [2.24, 2.45) is 0 Å². The maximum absolute atomic E-state index is 9.80. The Balaban J connectivity index is 0.000000438. The van der Waals surface area contributed by atoms with Crippen LogP contribution in [0.25, 0.3) is 11.1 Å². The highest BCUT2D eigenvalue weighted by atomic mass is 35.5. The molecule has 0 atom stereocenters. The Bertz CT molecular complexity index is 811. The molecule has 1 saturated heterocycles. The zero-order valence-electron chi connectivity index (χ0n) is 16.5. The van der Waals surface area contributed by atoms with Gasteiger partial charge >= 0.3 is 12.1 Å². The molecule has 7 nitrogen and oxygen atoms in total. The van der Waals surface area contributed by atoms with Crippen LogP contribution < -0.4 is 0 Å². The fourth-order valence-electron chi connectivity index (χ4n) is 1.75. The van der Waals surface area contributed by atoms with Crippen molar-refractivity contribution in [2.45, 2.75) is 13.8 Å². The van der Waals surface area contributed by atoms with E-state index in [0.717, 1.165) is 24.3 Å². The number of hydrogen-bond donors (Lipinski definition) is 1. The summed E-state index contributed by atoms with van der Waals surface area (Å²) in [6, 6.07) is 15.6. The summed E-state index contributed by atoms with van der Waals surface area (Å²) in [4.78, 5) is 28.5. The van der Waals surface area contributed by atoms with Gasteiger partial charge in [-0.1, -0.05) is 72.2 Å². The summed E-state index contributed by atoms with van der Waals surface area (Å²) >= 11 is 12.0. The second-order valence-corrected chi connectivity index (χ2v) is 5.99. The second kappa shape index (κ2) is 15.8. The Morgan fingerprint density at radius 3 is 1.93 bits per heavy atom. The van der Waals surface area contributed by atoms with Crippen LogP contribution in [0.3, 0.4) is 0 Å². The molecule has 0 aromatic heterocycles. The maximum Gasteiger partial charge on any atom is 0.508 e. The number of esters is 1. The summed E-state index contributed by atoms with van der Waals surface area (Å²) in [7, 11) is 0. The average Bonchev–Trinajstić information content (AvgIpc) is 3.16. The minimum Gasteiger partial charge on any atom is -0.481 e. The average molecular weight is 457 g/mol. The van der Waals surface area contributed by atoms with Crippen LogP contribution in [0.15, 0.2) is 61.4 Å². The molecule has 0 unspecified atom stereocenters. The van der Waals surface area contributed by atoms with Crippen LogP contribution >= 0.6 is 23.2 Å². The van der Waals surface area contributed by atoms with Crippen molar-refractivity contribution in [3.8, 4) is 11.1 Å². The van der Waals surface area contributed by atoms with E-state index >= 15 is 0 Å². The molecule has 2 aromatic carbocycles. The van der Waals surface area contributed by atoms with Crippen molar-refractivity contribution in [3.05, 3.63) is 71.4 Å². The first kappa shape index (κ1) is 27.0. The molecule has 1 aliphatic heterocycles. The van der Waals surface area contributed by atoms with Gasteiger partial charge in [-0.05, 0) is 11.6 Å². The first-order valence-corrected chi connectivity index (χ1v) is 9.21. The Morgan fingerprint density at radius 1 is 1.03 bits per heavy atom. The lowest BCUT2D eigenvalue weighted by Crippen LogP contribution is -1.88. The number of benzene rings is 2. The van der Waals surface area contributed by atoms with Gasteiger partial charge in [0.25, 0.3) is 5.97 Å². The molecular weight excluding hydrogens is 435 g/mol. The molecule has 0 spiro atoms. The number of hydrogen-bond acceptors (Lipinski definition) is 6. The van der Waals surface area contributed by atoms with Gasteiger partial charge in [0, 0.05) is 19.4 Å². The summed E-state index contributed by atoms with van der Waals surface area (Å²) in [6.45, 7) is 6.39. The molecule has 0 saturated carbocycles. The molecule has 1 aliphatic rings. The molecule has 2 aromatic rings. The monoisotopic (exact) mass is 456 g/mol. The lowest BCUT2D eigenvalue weighted by atomic mass is 10.1. The predicted octanol–water partition coefficient (Wildman–Crippen LogP) is 5.60. The van der Waals surface area contributed by atoms with Crippen LogP contribution in [0.5, 0.6) is 0 Å². The number of carboxylic acid groups (broad SMARTS) is 1. The number of ether oxygens (including phenoxy) is 3. The summed E-state index contributed by atoms with van der Waals surface area (Å²) in [6.07, 6.45) is 0.553. The summed E-state index contributed by atoms with van der Waals surface area (Å²) < 4.78 is 12.8. The van der Waals surface area contributed by atoms with E-state index in [-0.39, 0.29) is 5.97 Å². The number of carboxylic acids is 1. The van der Waals surface area contributed by atoms with E-state index in [2.05, 4.69) is 20.8 Å². The van der Waals surface area contributed by atoms with Crippen molar-refractivity contribution >= 4 is 41.3 Å². The van der Waals surface area contributed by atoms with Gasteiger partial charge in [0.1, 0.15) is 13.2 Å². The van der Waals surface area contributed by atoms with Gasteiger partial charge in [-0.3, -0.25) is 9.59 Å². The molecule has 162 valence electrons. The number of halogens is 2.